The molecule has 1 amide bonds. The summed E-state index contributed by atoms with van der Waals surface area (Å²) in [6.45, 7) is -0.0636. The summed E-state index contributed by atoms with van der Waals surface area (Å²) in [5.41, 5.74) is 3.10. The topological polar surface area (TPSA) is 60.5 Å². The highest BCUT2D eigenvalue weighted by Crippen LogP contribution is 2.19. The van der Waals surface area contributed by atoms with Crippen LogP contribution in [0.25, 0.3) is 0 Å². The third-order valence-corrected chi connectivity index (χ3v) is 3.81. The maximum Gasteiger partial charge on any atom is 0.262 e. The lowest BCUT2D eigenvalue weighted by molar-refractivity contribution is -0.118. The first-order valence-corrected chi connectivity index (χ1v) is 8.27. The van der Waals surface area contributed by atoms with Crippen LogP contribution in [0, 0.1) is 0 Å². The van der Waals surface area contributed by atoms with E-state index in [-0.39, 0.29) is 12.5 Å². The van der Waals surface area contributed by atoms with Crippen LogP contribution in [0.15, 0.2) is 73.1 Å². The van der Waals surface area contributed by atoms with Crippen LogP contribution in [-0.4, -0.2) is 24.6 Å². The van der Waals surface area contributed by atoms with Crippen LogP contribution < -0.4 is 14.8 Å². The smallest absolute Gasteiger partial charge is 0.262 e. The Labute approximate surface area is 152 Å². The highest BCUT2D eigenvalue weighted by Gasteiger charge is 2.05. The number of benzene rings is 2. The van der Waals surface area contributed by atoms with E-state index in [0.29, 0.717) is 11.5 Å². The number of pyridine rings is 1. The van der Waals surface area contributed by atoms with E-state index in [2.05, 4.69) is 10.3 Å². The normalized spacial score (nSPS) is 10.2. The van der Waals surface area contributed by atoms with Gasteiger partial charge in [0, 0.05) is 24.1 Å². The molecule has 1 N–H and O–H groups in total. The monoisotopic (exact) mass is 348 g/mol. The summed E-state index contributed by atoms with van der Waals surface area (Å²) in [7, 11) is 1.59. The second-order valence-corrected chi connectivity index (χ2v) is 5.74. The largest absolute Gasteiger partial charge is 0.497 e. The van der Waals surface area contributed by atoms with Gasteiger partial charge in [-0.25, -0.2) is 0 Å². The summed E-state index contributed by atoms with van der Waals surface area (Å²) in [6, 6.07) is 18.9. The van der Waals surface area contributed by atoms with Crippen molar-refractivity contribution in [3.05, 3.63) is 84.2 Å². The fourth-order valence-electron chi connectivity index (χ4n) is 2.48. The van der Waals surface area contributed by atoms with Crippen molar-refractivity contribution in [2.75, 3.05) is 19.0 Å². The molecule has 2 aromatic carbocycles. The van der Waals surface area contributed by atoms with Gasteiger partial charge >= 0.3 is 0 Å². The van der Waals surface area contributed by atoms with Crippen molar-refractivity contribution in [1.82, 2.24) is 4.98 Å². The summed E-state index contributed by atoms with van der Waals surface area (Å²) in [4.78, 5) is 16.1. The molecule has 0 bridgehead atoms. The molecule has 3 aromatic rings. The third-order valence-electron chi connectivity index (χ3n) is 3.81. The second kappa shape index (κ2) is 8.67. The van der Waals surface area contributed by atoms with Gasteiger partial charge < -0.3 is 14.8 Å². The molecular weight excluding hydrogens is 328 g/mol. The maximum atomic E-state index is 12.0. The van der Waals surface area contributed by atoms with E-state index in [0.717, 1.165) is 12.1 Å². The average Bonchev–Trinajstić information content (AvgIpc) is 2.69. The lowest BCUT2D eigenvalue weighted by Crippen LogP contribution is -2.20. The van der Waals surface area contributed by atoms with Crippen molar-refractivity contribution in [2.24, 2.45) is 0 Å². The van der Waals surface area contributed by atoms with E-state index in [4.69, 9.17) is 9.47 Å². The zero-order chi connectivity index (χ0) is 18.2. The Kier molecular flexibility index (Phi) is 5.83. The van der Waals surface area contributed by atoms with E-state index in [1.807, 2.05) is 48.5 Å². The van der Waals surface area contributed by atoms with Gasteiger partial charge in [-0.2, -0.15) is 0 Å². The molecule has 0 fully saturated rings. The molecule has 0 atom stereocenters. The number of carbonyl (C=O) groups excluding carboxylic acids is 1. The van der Waals surface area contributed by atoms with E-state index < -0.39 is 0 Å². The number of amides is 1. The van der Waals surface area contributed by atoms with Gasteiger partial charge in [0.15, 0.2) is 6.61 Å². The summed E-state index contributed by atoms with van der Waals surface area (Å²) in [5, 5.41) is 2.83. The SMILES string of the molecule is COc1cccc(OCC(=O)Nc2ccc(Cc3ccncc3)cc2)c1. The number of hydrogen-bond acceptors (Lipinski definition) is 4. The lowest BCUT2D eigenvalue weighted by atomic mass is 10.1. The predicted octanol–water partition coefficient (Wildman–Crippen LogP) is 3.70. The minimum absolute atomic E-state index is 0.0636. The Morgan fingerprint density at radius 2 is 1.65 bits per heavy atom. The molecule has 0 saturated heterocycles. The number of ether oxygens (including phenoxy) is 2. The fraction of sp³-hybridized carbons (Fsp3) is 0.143. The quantitative estimate of drug-likeness (QED) is 0.707. The predicted molar refractivity (Wildman–Crippen MR) is 101 cm³/mol. The molecule has 0 aliphatic rings. The summed E-state index contributed by atoms with van der Waals surface area (Å²) >= 11 is 0. The van der Waals surface area contributed by atoms with Gasteiger partial charge in [0.1, 0.15) is 11.5 Å². The van der Waals surface area contributed by atoms with Gasteiger partial charge in [-0.3, -0.25) is 9.78 Å². The minimum atomic E-state index is -0.213. The van der Waals surface area contributed by atoms with Crippen molar-refractivity contribution in [2.45, 2.75) is 6.42 Å². The van der Waals surface area contributed by atoms with Gasteiger partial charge in [-0.15, -0.1) is 0 Å². The molecule has 5 nitrogen and oxygen atoms in total. The zero-order valence-corrected chi connectivity index (χ0v) is 14.5. The maximum absolute atomic E-state index is 12.0. The highest BCUT2D eigenvalue weighted by atomic mass is 16.5. The molecule has 0 spiro atoms. The van der Waals surface area contributed by atoms with Gasteiger partial charge in [0.05, 0.1) is 7.11 Å². The molecule has 3 rings (SSSR count). The van der Waals surface area contributed by atoms with Crippen molar-refractivity contribution < 1.29 is 14.3 Å². The number of anilines is 1. The van der Waals surface area contributed by atoms with Crippen LogP contribution in [0.1, 0.15) is 11.1 Å². The molecule has 1 aromatic heterocycles. The number of methoxy groups -OCH3 is 1. The summed E-state index contributed by atoms with van der Waals surface area (Å²) < 4.78 is 10.6. The number of rotatable bonds is 7. The van der Waals surface area contributed by atoms with Crippen LogP contribution in [0.4, 0.5) is 5.69 Å². The van der Waals surface area contributed by atoms with Crippen LogP contribution >= 0.6 is 0 Å². The van der Waals surface area contributed by atoms with Gasteiger partial charge in [-0.05, 0) is 53.9 Å². The van der Waals surface area contributed by atoms with Crippen molar-refractivity contribution in [3.63, 3.8) is 0 Å². The van der Waals surface area contributed by atoms with Gasteiger partial charge in [0.2, 0.25) is 0 Å². The van der Waals surface area contributed by atoms with Crippen LogP contribution in [0.3, 0.4) is 0 Å². The number of carbonyl (C=O) groups is 1. The molecule has 0 saturated carbocycles. The number of nitrogens with one attached hydrogen (secondary N) is 1. The molecule has 0 aliphatic carbocycles. The molecule has 5 heteroatoms. The lowest BCUT2D eigenvalue weighted by Gasteiger charge is -2.09. The molecular formula is C21H20N2O3. The Balaban J connectivity index is 1.51. The van der Waals surface area contributed by atoms with Crippen LogP contribution in [0.2, 0.25) is 0 Å². The van der Waals surface area contributed by atoms with E-state index in [1.54, 1.807) is 31.6 Å². The van der Waals surface area contributed by atoms with Crippen molar-refractivity contribution in [3.8, 4) is 11.5 Å². The van der Waals surface area contributed by atoms with E-state index >= 15 is 0 Å². The van der Waals surface area contributed by atoms with Crippen molar-refractivity contribution >= 4 is 11.6 Å². The standard InChI is InChI=1S/C21H20N2O3/c1-25-19-3-2-4-20(14-19)26-15-21(24)23-18-7-5-16(6-8-18)13-17-9-11-22-12-10-17/h2-12,14H,13,15H2,1H3,(H,23,24). The highest BCUT2D eigenvalue weighted by molar-refractivity contribution is 5.91. The Bertz CT molecular complexity index is 849. The molecule has 1 heterocycles. The van der Waals surface area contributed by atoms with E-state index in [9.17, 15) is 4.79 Å². The van der Waals surface area contributed by atoms with Crippen molar-refractivity contribution in [1.29, 1.82) is 0 Å². The molecule has 0 unspecified atom stereocenters. The Morgan fingerprint density at radius 1 is 0.962 bits per heavy atom. The molecule has 132 valence electrons. The second-order valence-electron chi connectivity index (χ2n) is 5.74. The zero-order valence-electron chi connectivity index (χ0n) is 14.5. The summed E-state index contributed by atoms with van der Waals surface area (Å²) in [5.74, 6) is 1.06. The molecule has 0 radical (unpaired) electrons. The first-order chi connectivity index (χ1) is 12.7. The third kappa shape index (κ3) is 5.08. The fourth-order valence-corrected chi connectivity index (χ4v) is 2.48. The van der Waals surface area contributed by atoms with Crippen LogP contribution in [0.5, 0.6) is 11.5 Å². The summed E-state index contributed by atoms with van der Waals surface area (Å²) in [6.07, 6.45) is 4.40. The average molecular weight is 348 g/mol. The number of hydrogen-bond donors (Lipinski definition) is 1. The first kappa shape index (κ1) is 17.5. The molecule has 26 heavy (non-hydrogen) atoms. The van der Waals surface area contributed by atoms with Crippen LogP contribution in [-0.2, 0) is 11.2 Å². The van der Waals surface area contributed by atoms with E-state index in [1.165, 1.54) is 11.1 Å². The Hall–Kier alpha value is -3.34. The Morgan fingerprint density at radius 3 is 2.38 bits per heavy atom. The number of nitrogens with zero attached hydrogens (tertiary/aromatic N) is 1. The molecule has 0 aliphatic heterocycles. The first-order valence-electron chi connectivity index (χ1n) is 8.27. The number of aromatic nitrogens is 1. The van der Waals surface area contributed by atoms with Gasteiger partial charge in [-0.1, -0.05) is 18.2 Å². The minimum Gasteiger partial charge on any atom is -0.497 e. The van der Waals surface area contributed by atoms with Gasteiger partial charge in [0.25, 0.3) is 5.91 Å².